The van der Waals surface area contributed by atoms with Gasteiger partial charge in [0.1, 0.15) is 6.04 Å². The lowest BCUT2D eigenvalue weighted by Crippen LogP contribution is -2.49. The van der Waals surface area contributed by atoms with Gasteiger partial charge in [0, 0.05) is 6.92 Å². The quantitative estimate of drug-likeness (QED) is 0.599. The fraction of sp³-hybridized carbons (Fsp3) is 0.412. The SMILES string of the molecule is CCOC(=O)C[C@H](C)[C@@H](NC(=O)c1ccccc1NC(C)=O)C(N)=O. The van der Waals surface area contributed by atoms with E-state index in [-0.39, 0.29) is 24.5 Å². The van der Waals surface area contributed by atoms with Gasteiger partial charge in [0.2, 0.25) is 11.8 Å². The van der Waals surface area contributed by atoms with Gasteiger partial charge in [-0.1, -0.05) is 19.1 Å². The first-order valence-corrected chi connectivity index (χ1v) is 7.88. The summed E-state index contributed by atoms with van der Waals surface area (Å²) in [5, 5.41) is 5.07. The second kappa shape index (κ2) is 9.41. The van der Waals surface area contributed by atoms with Crippen LogP contribution in [0.4, 0.5) is 5.69 Å². The number of amides is 3. The predicted octanol–water partition coefficient (Wildman–Crippen LogP) is 0.818. The lowest BCUT2D eigenvalue weighted by molar-refractivity contribution is -0.144. The summed E-state index contributed by atoms with van der Waals surface area (Å²) < 4.78 is 4.84. The molecule has 0 saturated heterocycles. The number of hydrogen-bond acceptors (Lipinski definition) is 5. The Morgan fingerprint density at radius 3 is 2.40 bits per heavy atom. The number of rotatable bonds is 8. The average molecular weight is 349 g/mol. The Hall–Kier alpha value is -2.90. The van der Waals surface area contributed by atoms with Crippen LogP contribution in [0.1, 0.15) is 37.6 Å². The average Bonchev–Trinajstić information content (AvgIpc) is 2.52. The van der Waals surface area contributed by atoms with Crippen LogP contribution in [0.3, 0.4) is 0 Å². The highest BCUT2D eigenvalue weighted by molar-refractivity contribution is 6.04. The molecule has 8 heteroatoms. The number of para-hydroxylation sites is 1. The number of nitrogens with one attached hydrogen (secondary N) is 2. The van der Waals surface area contributed by atoms with Gasteiger partial charge in [-0.25, -0.2) is 0 Å². The predicted molar refractivity (Wildman–Crippen MR) is 91.6 cm³/mol. The van der Waals surface area contributed by atoms with Crippen molar-refractivity contribution in [2.45, 2.75) is 33.2 Å². The summed E-state index contributed by atoms with van der Waals surface area (Å²) in [6.07, 6.45) is -0.0604. The molecule has 0 fully saturated rings. The largest absolute Gasteiger partial charge is 0.466 e. The molecule has 136 valence electrons. The van der Waals surface area contributed by atoms with Gasteiger partial charge in [-0.3, -0.25) is 19.2 Å². The zero-order valence-electron chi connectivity index (χ0n) is 14.5. The summed E-state index contributed by atoms with van der Waals surface area (Å²) in [4.78, 5) is 47.0. The molecule has 3 amide bonds. The molecule has 0 aromatic heterocycles. The molecule has 1 aromatic rings. The molecule has 0 aliphatic rings. The van der Waals surface area contributed by atoms with Gasteiger partial charge in [-0.05, 0) is 25.0 Å². The molecule has 0 aliphatic heterocycles. The molecule has 0 unspecified atom stereocenters. The smallest absolute Gasteiger partial charge is 0.306 e. The van der Waals surface area contributed by atoms with Gasteiger partial charge in [0.15, 0.2) is 0 Å². The van der Waals surface area contributed by atoms with Gasteiger partial charge in [0.05, 0.1) is 24.3 Å². The van der Waals surface area contributed by atoms with Crippen molar-refractivity contribution in [3.05, 3.63) is 29.8 Å². The summed E-state index contributed by atoms with van der Waals surface area (Å²) in [5.41, 5.74) is 5.86. The van der Waals surface area contributed by atoms with Crippen molar-refractivity contribution in [3.8, 4) is 0 Å². The molecule has 0 radical (unpaired) electrons. The fourth-order valence-corrected chi connectivity index (χ4v) is 2.29. The normalized spacial score (nSPS) is 12.6. The summed E-state index contributed by atoms with van der Waals surface area (Å²) in [6.45, 7) is 4.84. The van der Waals surface area contributed by atoms with Crippen molar-refractivity contribution in [1.29, 1.82) is 0 Å². The van der Waals surface area contributed by atoms with Crippen LogP contribution in [0, 0.1) is 5.92 Å². The standard InChI is InChI=1S/C17H23N3O5/c1-4-25-14(22)9-10(2)15(16(18)23)20-17(24)12-7-5-6-8-13(12)19-11(3)21/h5-8,10,15H,4,9H2,1-3H3,(H2,18,23)(H,19,21)(H,20,24)/t10-,15+/m0/s1. The Morgan fingerprint density at radius 1 is 1.20 bits per heavy atom. The third kappa shape index (κ3) is 6.25. The van der Waals surface area contributed by atoms with E-state index < -0.39 is 29.7 Å². The van der Waals surface area contributed by atoms with E-state index in [1.165, 1.54) is 13.0 Å². The minimum Gasteiger partial charge on any atom is -0.466 e. The van der Waals surface area contributed by atoms with Crippen LogP contribution in [0.5, 0.6) is 0 Å². The van der Waals surface area contributed by atoms with E-state index in [1.54, 1.807) is 32.0 Å². The number of nitrogens with two attached hydrogens (primary N) is 1. The molecular formula is C17H23N3O5. The molecule has 2 atom stereocenters. The van der Waals surface area contributed by atoms with E-state index in [1.807, 2.05) is 0 Å². The van der Waals surface area contributed by atoms with Crippen LogP contribution in [0.25, 0.3) is 0 Å². The number of ether oxygens (including phenoxy) is 1. The van der Waals surface area contributed by atoms with Crippen LogP contribution in [-0.2, 0) is 19.1 Å². The molecule has 0 spiro atoms. The minimum absolute atomic E-state index is 0.0604. The summed E-state index contributed by atoms with van der Waals surface area (Å²) in [5.74, 6) is -2.70. The Morgan fingerprint density at radius 2 is 1.84 bits per heavy atom. The topological polar surface area (TPSA) is 128 Å². The van der Waals surface area contributed by atoms with Crippen molar-refractivity contribution in [3.63, 3.8) is 0 Å². The molecule has 0 saturated carbocycles. The monoisotopic (exact) mass is 349 g/mol. The van der Waals surface area contributed by atoms with E-state index in [9.17, 15) is 19.2 Å². The highest BCUT2D eigenvalue weighted by Gasteiger charge is 2.28. The highest BCUT2D eigenvalue weighted by atomic mass is 16.5. The third-order valence-electron chi connectivity index (χ3n) is 3.44. The Balaban J connectivity index is 2.92. The molecule has 4 N–H and O–H groups in total. The maximum absolute atomic E-state index is 12.5. The zero-order valence-corrected chi connectivity index (χ0v) is 14.5. The number of primary amides is 1. The maximum Gasteiger partial charge on any atom is 0.306 e. The van der Waals surface area contributed by atoms with E-state index in [0.717, 1.165) is 0 Å². The Kier molecular flexibility index (Phi) is 7.58. The van der Waals surface area contributed by atoms with Crippen molar-refractivity contribution >= 4 is 29.4 Å². The van der Waals surface area contributed by atoms with E-state index in [2.05, 4.69) is 10.6 Å². The van der Waals surface area contributed by atoms with Crippen molar-refractivity contribution < 1.29 is 23.9 Å². The molecule has 25 heavy (non-hydrogen) atoms. The number of carbonyl (C=O) groups excluding carboxylic acids is 4. The van der Waals surface area contributed by atoms with E-state index >= 15 is 0 Å². The molecular weight excluding hydrogens is 326 g/mol. The number of anilines is 1. The first-order chi connectivity index (χ1) is 11.8. The molecule has 1 aromatic carbocycles. The number of esters is 1. The van der Waals surface area contributed by atoms with Crippen LogP contribution < -0.4 is 16.4 Å². The van der Waals surface area contributed by atoms with Gasteiger partial charge in [-0.15, -0.1) is 0 Å². The van der Waals surface area contributed by atoms with Gasteiger partial charge in [0.25, 0.3) is 5.91 Å². The number of benzene rings is 1. The molecule has 1 rings (SSSR count). The van der Waals surface area contributed by atoms with Crippen LogP contribution in [0.15, 0.2) is 24.3 Å². The van der Waals surface area contributed by atoms with Crippen LogP contribution in [-0.4, -0.2) is 36.3 Å². The van der Waals surface area contributed by atoms with E-state index in [0.29, 0.717) is 5.69 Å². The lowest BCUT2D eigenvalue weighted by Gasteiger charge is -2.22. The first kappa shape index (κ1) is 20.1. The highest BCUT2D eigenvalue weighted by Crippen LogP contribution is 2.16. The second-order valence-corrected chi connectivity index (χ2v) is 5.57. The van der Waals surface area contributed by atoms with E-state index in [4.69, 9.17) is 10.5 Å². The summed E-state index contributed by atoms with van der Waals surface area (Å²) >= 11 is 0. The van der Waals surface area contributed by atoms with Crippen LogP contribution in [0.2, 0.25) is 0 Å². The molecule has 0 aliphatic carbocycles. The lowest BCUT2D eigenvalue weighted by atomic mass is 9.97. The van der Waals surface area contributed by atoms with Crippen molar-refractivity contribution in [2.24, 2.45) is 11.7 Å². The molecule has 0 heterocycles. The zero-order chi connectivity index (χ0) is 19.0. The molecule has 8 nitrogen and oxygen atoms in total. The van der Waals surface area contributed by atoms with Gasteiger partial charge >= 0.3 is 5.97 Å². The molecule has 0 bridgehead atoms. The first-order valence-electron chi connectivity index (χ1n) is 7.88. The number of carbonyl (C=O) groups is 4. The van der Waals surface area contributed by atoms with Crippen molar-refractivity contribution in [2.75, 3.05) is 11.9 Å². The van der Waals surface area contributed by atoms with Crippen LogP contribution >= 0.6 is 0 Å². The summed E-state index contributed by atoms with van der Waals surface area (Å²) in [7, 11) is 0. The third-order valence-corrected chi connectivity index (χ3v) is 3.44. The Bertz CT molecular complexity index is 659. The number of hydrogen-bond donors (Lipinski definition) is 3. The maximum atomic E-state index is 12.5. The fourth-order valence-electron chi connectivity index (χ4n) is 2.29. The Labute approximate surface area is 146 Å². The second-order valence-electron chi connectivity index (χ2n) is 5.57. The summed E-state index contributed by atoms with van der Waals surface area (Å²) in [6, 6.07) is 5.31. The minimum atomic E-state index is -1.05. The van der Waals surface area contributed by atoms with Gasteiger partial charge in [-0.2, -0.15) is 0 Å². The van der Waals surface area contributed by atoms with Crippen molar-refractivity contribution in [1.82, 2.24) is 5.32 Å². The van der Waals surface area contributed by atoms with Gasteiger partial charge < -0.3 is 21.1 Å².